The second-order valence-electron chi connectivity index (χ2n) is 8.87. The van der Waals surface area contributed by atoms with Gasteiger partial charge in [0.25, 0.3) is 0 Å². The molecule has 0 saturated carbocycles. The van der Waals surface area contributed by atoms with Crippen LogP contribution < -0.4 is 5.32 Å². The van der Waals surface area contributed by atoms with E-state index in [-0.39, 0.29) is 5.91 Å². The van der Waals surface area contributed by atoms with Crippen LogP contribution in [0.3, 0.4) is 0 Å². The smallest absolute Gasteiger partial charge is 0.234 e. The summed E-state index contributed by atoms with van der Waals surface area (Å²) in [4.78, 5) is 17.9. The third-order valence-electron chi connectivity index (χ3n) is 6.98. The first kappa shape index (κ1) is 18.9. The highest BCUT2D eigenvalue weighted by atomic mass is 16.2. The number of carbonyl (C=O) groups is 1. The lowest BCUT2D eigenvalue weighted by Gasteiger charge is -2.57. The lowest BCUT2D eigenvalue weighted by molar-refractivity contribution is -0.125. The zero-order valence-corrected chi connectivity index (χ0v) is 16.8. The van der Waals surface area contributed by atoms with Gasteiger partial charge >= 0.3 is 0 Å². The Morgan fingerprint density at radius 2 is 1.96 bits per heavy atom. The van der Waals surface area contributed by atoms with Gasteiger partial charge in [0.15, 0.2) is 0 Å². The summed E-state index contributed by atoms with van der Waals surface area (Å²) in [6, 6.07) is 11.7. The molecule has 4 heteroatoms. The maximum absolute atomic E-state index is 12.5. The molecule has 0 spiro atoms. The zero-order valence-electron chi connectivity index (χ0n) is 16.8. The molecule has 0 unspecified atom stereocenters. The number of carbonyl (C=O) groups excluding carboxylic acids is 1. The molecule has 4 rings (SSSR count). The lowest BCUT2D eigenvalue weighted by atomic mass is 9.71. The molecule has 1 aromatic rings. The fraction of sp³-hybridized carbons (Fsp3) is 0.696. The third-order valence-corrected chi connectivity index (χ3v) is 6.98. The van der Waals surface area contributed by atoms with Gasteiger partial charge in [0.2, 0.25) is 5.91 Å². The van der Waals surface area contributed by atoms with Crippen molar-refractivity contribution in [3.8, 4) is 0 Å². The number of nitrogens with zero attached hydrogens (tertiary/aromatic N) is 2. The summed E-state index contributed by atoms with van der Waals surface area (Å²) in [7, 11) is 0. The van der Waals surface area contributed by atoms with E-state index >= 15 is 0 Å². The van der Waals surface area contributed by atoms with Gasteiger partial charge in [-0.05, 0) is 49.6 Å². The van der Waals surface area contributed by atoms with Crippen LogP contribution >= 0.6 is 0 Å². The number of hydrogen-bond acceptors (Lipinski definition) is 3. The summed E-state index contributed by atoms with van der Waals surface area (Å²) < 4.78 is 0. The van der Waals surface area contributed by atoms with Crippen molar-refractivity contribution in [2.75, 3.05) is 26.2 Å². The molecule has 3 heterocycles. The van der Waals surface area contributed by atoms with Crippen LogP contribution in [-0.4, -0.2) is 54.0 Å². The van der Waals surface area contributed by atoms with Gasteiger partial charge in [-0.25, -0.2) is 0 Å². The number of amides is 1. The monoisotopic (exact) mass is 369 g/mol. The zero-order chi connectivity index (χ0) is 18.6. The fourth-order valence-corrected chi connectivity index (χ4v) is 5.88. The summed E-state index contributed by atoms with van der Waals surface area (Å²) in [5.74, 6) is 1.69. The fourth-order valence-electron chi connectivity index (χ4n) is 5.88. The van der Waals surface area contributed by atoms with Gasteiger partial charge in [-0.3, -0.25) is 14.6 Å². The van der Waals surface area contributed by atoms with Crippen molar-refractivity contribution in [2.24, 2.45) is 11.8 Å². The SMILES string of the molecule is CCC[C@H]1[C@H]2C[C@H](CN(CC(=O)NCc3ccccc3)C2)[C@@H]2CCCCN21. The van der Waals surface area contributed by atoms with Gasteiger partial charge in [0.05, 0.1) is 6.54 Å². The van der Waals surface area contributed by atoms with Crippen LogP contribution in [0.25, 0.3) is 0 Å². The summed E-state index contributed by atoms with van der Waals surface area (Å²) in [5, 5.41) is 3.11. The molecule has 0 radical (unpaired) electrons. The molecule has 1 aromatic carbocycles. The molecule has 3 aliphatic rings. The number of piperidine rings is 3. The number of rotatable bonds is 6. The Hall–Kier alpha value is -1.39. The second-order valence-corrected chi connectivity index (χ2v) is 8.87. The van der Waals surface area contributed by atoms with E-state index in [0.29, 0.717) is 13.1 Å². The molecule has 4 nitrogen and oxygen atoms in total. The van der Waals surface area contributed by atoms with E-state index in [1.807, 2.05) is 18.2 Å². The van der Waals surface area contributed by atoms with Crippen molar-refractivity contribution in [1.29, 1.82) is 0 Å². The Balaban J connectivity index is 1.35. The van der Waals surface area contributed by atoms with Crippen LogP contribution in [0.5, 0.6) is 0 Å². The van der Waals surface area contributed by atoms with Crippen molar-refractivity contribution in [2.45, 2.75) is 64.1 Å². The van der Waals surface area contributed by atoms with Gasteiger partial charge in [-0.2, -0.15) is 0 Å². The average Bonchev–Trinajstić information content (AvgIpc) is 2.70. The molecule has 2 bridgehead atoms. The Bertz CT molecular complexity index is 619. The van der Waals surface area contributed by atoms with Gasteiger partial charge in [-0.1, -0.05) is 50.1 Å². The van der Waals surface area contributed by atoms with Crippen LogP contribution in [0.2, 0.25) is 0 Å². The number of likely N-dealkylation sites (tertiary alicyclic amines) is 1. The van der Waals surface area contributed by atoms with E-state index in [1.165, 1.54) is 50.6 Å². The first-order valence-electron chi connectivity index (χ1n) is 11.0. The first-order chi connectivity index (χ1) is 13.2. The number of nitrogens with one attached hydrogen (secondary N) is 1. The third kappa shape index (κ3) is 4.38. The molecule has 1 amide bonds. The minimum absolute atomic E-state index is 0.173. The Morgan fingerprint density at radius 1 is 1.15 bits per heavy atom. The summed E-state index contributed by atoms with van der Waals surface area (Å²) in [6.45, 7) is 7.03. The molecule has 0 aliphatic carbocycles. The van der Waals surface area contributed by atoms with Crippen molar-refractivity contribution in [1.82, 2.24) is 15.1 Å². The molecule has 3 saturated heterocycles. The second kappa shape index (κ2) is 8.74. The molecule has 4 atom stereocenters. The van der Waals surface area contributed by atoms with Crippen molar-refractivity contribution in [3.63, 3.8) is 0 Å². The minimum atomic E-state index is 0.173. The largest absolute Gasteiger partial charge is 0.351 e. The van der Waals surface area contributed by atoms with Gasteiger partial charge in [0, 0.05) is 31.7 Å². The number of benzene rings is 1. The number of fused-ring (bicyclic) bond motifs is 4. The molecule has 27 heavy (non-hydrogen) atoms. The number of hydrogen-bond donors (Lipinski definition) is 1. The van der Waals surface area contributed by atoms with Gasteiger partial charge < -0.3 is 5.32 Å². The predicted molar refractivity (Wildman–Crippen MR) is 109 cm³/mol. The molecule has 0 aromatic heterocycles. The van der Waals surface area contributed by atoms with E-state index in [9.17, 15) is 4.79 Å². The quantitative estimate of drug-likeness (QED) is 0.836. The van der Waals surface area contributed by atoms with Gasteiger partial charge in [0.1, 0.15) is 0 Å². The summed E-state index contributed by atoms with van der Waals surface area (Å²) >= 11 is 0. The molecular weight excluding hydrogens is 334 g/mol. The molecule has 3 aliphatic heterocycles. The van der Waals surface area contributed by atoms with Crippen LogP contribution in [-0.2, 0) is 11.3 Å². The molecule has 3 fully saturated rings. The molecule has 148 valence electrons. The van der Waals surface area contributed by atoms with Crippen molar-refractivity contribution in [3.05, 3.63) is 35.9 Å². The van der Waals surface area contributed by atoms with Crippen molar-refractivity contribution < 1.29 is 4.79 Å². The highest BCUT2D eigenvalue weighted by Gasteiger charge is 2.46. The van der Waals surface area contributed by atoms with Gasteiger partial charge in [-0.15, -0.1) is 0 Å². The highest BCUT2D eigenvalue weighted by Crippen LogP contribution is 2.42. The topological polar surface area (TPSA) is 35.6 Å². The van der Waals surface area contributed by atoms with Crippen molar-refractivity contribution >= 4 is 5.91 Å². The summed E-state index contributed by atoms with van der Waals surface area (Å²) in [6.07, 6.45) is 8.11. The predicted octanol–water partition coefficient (Wildman–Crippen LogP) is 3.28. The highest BCUT2D eigenvalue weighted by molar-refractivity contribution is 5.78. The minimum Gasteiger partial charge on any atom is -0.351 e. The lowest BCUT2D eigenvalue weighted by Crippen LogP contribution is -2.64. The maximum Gasteiger partial charge on any atom is 0.234 e. The first-order valence-corrected chi connectivity index (χ1v) is 11.0. The normalized spacial score (nSPS) is 31.3. The summed E-state index contributed by atoms with van der Waals surface area (Å²) in [5.41, 5.74) is 1.17. The Morgan fingerprint density at radius 3 is 2.78 bits per heavy atom. The van der Waals surface area contributed by atoms with E-state index in [4.69, 9.17) is 0 Å². The van der Waals surface area contributed by atoms with E-state index in [1.54, 1.807) is 0 Å². The van der Waals surface area contributed by atoms with E-state index in [2.05, 4.69) is 34.2 Å². The van der Waals surface area contributed by atoms with Crippen LogP contribution in [0, 0.1) is 11.8 Å². The maximum atomic E-state index is 12.5. The molecule has 1 N–H and O–H groups in total. The van der Waals surface area contributed by atoms with E-state index in [0.717, 1.165) is 37.0 Å². The standard InChI is InChI=1S/C23H35N3O/c1-2-8-21-19-13-20(22-11-6-7-12-26(21)22)16-25(15-19)17-23(27)24-14-18-9-4-3-5-10-18/h3-5,9-10,19-22H,2,6-8,11-17H2,1H3,(H,24,27)/t19-,20+,21-,22-/m0/s1. The average molecular weight is 370 g/mol. The van der Waals surface area contributed by atoms with Crippen LogP contribution in [0.15, 0.2) is 30.3 Å². The van der Waals surface area contributed by atoms with Crippen LogP contribution in [0.4, 0.5) is 0 Å². The van der Waals surface area contributed by atoms with E-state index < -0.39 is 0 Å². The Kier molecular flexibility index (Phi) is 6.14. The Labute approximate surface area is 164 Å². The van der Waals surface area contributed by atoms with Crippen LogP contribution in [0.1, 0.15) is 51.0 Å². The molecular formula is C23H35N3O.